The number of hydrogen-bond acceptors (Lipinski definition) is 3. The molecule has 30 heavy (non-hydrogen) atoms. The Balaban J connectivity index is 1.30. The van der Waals surface area contributed by atoms with Crippen LogP contribution in [0.25, 0.3) is 5.69 Å². The van der Waals surface area contributed by atoms with Crippen LogP contribution in [0.5, 0.6) is 0 Å². The minimum atomic E-state index is 0.337. The number of aryl methyl sites for hydroxylation is 3. The molecule has 5 nitrogen and oxygen atoms in total. The van der Waals surface area contributed by atoms with Gasteiger partial charge in [-0.15, -0.1) is 0 Å². The highest BCUT2D eigenvalue weighted by Gasteiger charge is 2.27. The van der Waals surface area contributed by atoms with Gasteiger partial charge in [0.1, 0.15) is 0 Å². The number of nitrogens with zero attached hydrogens (tertiary/aromatic N) is 4. The van der Waals surface area contributed by atoms with Gasteiger partial charge < -0.3 is 9.80 Å². The third-order valence-electron chi connectivity index (χ3n) is 6.74. The topological polar surface area (TPSA) is 41.4 Å². The second-order valence-corrected chi connectivity index (χ2v) is 9.08. The number of hydrogen-bond donors (Lipinski definition) is 0. The molecule has 0 radical (unpaired) electrons. The second-order valence-electron chi connectivity index (χ2n) is 9.08. The molecule has 0 aliphatic carbocycles. The van der Waals surface area contributed by atoms with Crippen LogP contribution in [-0.4, -0.2) is 57.7 Å². The van der Waals surface area contributed by atoms with Crippen LogP contribution < -0.4 is 0 Å². The molecular weight excluding hydrogens is 372 g/mol. The number of rotatable bonds is 7. The smallest absolute Gasteiger partial charge is 0.223 e. The summed E-state index contributed by atoms with van der Waals surface area (Å²) in [5.41, 5.74) is 4.47. The maximum absolute atomic E-state index is 13.0. The van der Waals surface area contributed by atoms with E-state index in [1.807, 2.05) is 11.6 Å². The summed E-state index contributed by atoms with van der Waals surface area (Å²) in [6.07, 6.45) is 8.84. The molecule has 1 aromatic heterocycles. The van der Waals surface area contributed by atoms with Crippen molar-refractivity contribution in [2.45, 2.75) is 71.3 Å². The van der Waals surface area contributed by atoms with Crippen molar-refractivity contribution in [3.8, 4) is 5.69 Å². The first-order valence-corrected chi connectivity index (χ1v) is 11.7. The van der Waals surface area contributed by atoms with Gasteiger partial charge in [0.15, 0.2) is 0 Å². The Hall–Kier alpha value is -2.14. The van der Waals surface area contributed by atoms with E-state index in [1.165, 1.54) is 44.3 Å². The first kappa shape index (κ1) is 21.1. The summed E-state index contributed by atoms with van der Waals surface area (Å²) < 4.78 is 1.98. The molecule has 0 N–H and O–H groups in total. The summed E-state index contributed by atoms with van der Waals surface area (Å²) in [5, 5.41) is 4.55. The summed E-state index contributed by atoms with van der Waals surface area (Å²) in [6.45, 7) is 8.68. The average molecular weight is 409 g/mol. The molecule has 4 rings (SSSR count). The monoisotopic (exact) mass is 408 g/mol. The van der Waals surface area contributed by atoms with Crippen molar-refractivity contribution < 1.29 is 4.79 Å². The molecule has 0 unspecified atom stereocenters. The van der Waals surface area contributed by atoms with E-state index >= 15 is 0 Å². The zero-order valence-corrected chi connectivity index (χ0v) is 18.6. The molecule has 2 saturated heterocycles. The van der Waals surface area contributed by atoms with Crippen molar-refractivity contribution in [2.24, 2.45) is 0 Å². The molecule has 2 aliphatic rings. The Bertz CT molecular complexity index is 835. The van der Waals surface area contributed by atoms with E-state index in [1.54, 1.807) is 0 Å². The predicted octanol–water partition coefficient (Wildman–Crippen LogP) is 4.29. The van der Waals surface area contributed by atoms with Crippen LogP contribution >= 0.6 is 0 Å². The van der Waals surface area contributed by atoms with Crippen molar-refractivity contribution >= 4 is 5.91 Å². The maximum Gasteiger partial charge on any atom is 0.223 e. The van der Waals surface area contributed by atoms with Crippen LogP contribution in [-0.2, 0) is 11.2 Å². The van der Waals surface area contributed by atoms with Crippen LogP contribution in [0.2, 0.25) is 0 Å². The molecular formula is C25H36N4O. The molecule has 162 valence electrons. The predicted molar refractivity (Wildman–Crippen MR) is 121 cm³/mol. The minimum absolute atomic E-state index is 0.337. The molecule has 1 aromatic carbocycles. The highest BCUT2D eigenvalue weighted by Crippen LogP contribution is 2.22. The average Bonchev–Trinajstić information content (AvgIpc) is 3.40. The molecule has 1 amide bonds. The first-order valence-electron chi connectivity index (χ1n) is 11.7. The van der Waals surface area contributed by atoms with Crippen LogP contribution in [0, 0.1) is 13.8 Å². The van der Waals surface area contributed by atoms with Gasteiger partial charge in [-0.1, -0.05) is 12.1 Å². The standard InChI is InChI=1S/C25H36N4O/c1-20-19-21(2)29(26-20)24-11-8-22(9-12-24)10-13-25(30)28-17-4-3-7-23(28)14-18-27-15-5-6-16-27/h8-9,11-12,19,23H,3-7,10,13-18H2,1-2H3/t23-/m0/s1. The van der Waals surface area contributed by atoms with Gasteiger partial charge in [-0.2, -0.15) is 5.10 Å². The summed E-state index contributed by atoms with van der Waals surface area (Å²) in [5.74, 6) is 0.337. The summed E-state index contributed by atoms with van der Waals surface area (Å²) in [6, 6.07) is 11.0. The minimum Gasteiger partial charge on any atom is -0.340 e. The van der Waals surface area contributed by atoms with Gasteiger partial charge in [0.25, 0.3) is 0 Å². The SMILES string of the molecule is Cc1cc(C)n(-c2ccc(CCC(=O)N3CCCC[C@H]3CCN3CCCC3)cc2)n1. The van der Waals surface area contributed by atoms with Gasteiger partial charge in [-0.3, -0.25) is 4.79 Å². The number of likely N-dealkylation sites (tertiary alicyclic amines) is 2. The molecule has 0 saturated carbocycles. The first-order chi connectivity index (χ1) is 14.6. The summed E-state index contributed by atoms with van der Waals surface area (Å²) in [7, 11) is 0. The maximum atomic E-state index is 13.0. The quantitative estimate of drug-likeness (QED) is 0.686. The second kappa shape index (κ2) is 9.78. The van der Waals surface area contributed by atoms with Gasteiger partial charge in [0.05, 0.1) is 11.4 Å². The van der Waals surface area contributed by atoms with E-state index in [0.717, 1.165) is 49.4 Å². The van der Waals surface area contributed by atoms with Crippen molar-refractivity contribution in [1.82, 2.24) is 19.6 Å². The number of carbonyl (C=O) groups is 1. The van der Waals surface area contributed by atoms with Gasteiger partial charge in [-0.05, 0) is 95.6 Å². The van der Waals surface area contributed by atoms with Gasteiger partial charge >= 0.3 is 0 Å². The summed E-state index contributed by atoms with van der Waals surface area (Å²) in [4.78, 5) is 17.8. The van der Waals surface area contributed by atoms with Crippen molar-refractivity contribution in [2.75, 3.05) is 26.2 Å². The van der Waals surface area contributed by atoms with Crippen molar-refractivity contribution in [1.29, 1.82) is 0 Å². The lowest BCUT2D eigenvalue weighted by molar-refractivity contribution is -0.135. The number of amides is 1. The molecule has 5 heteroatoms. The molecule has 2 aromatic rings. The Morgan fingerprint density at radius 2 is 1.77 bits per heavy atom. The lowest BCUT2D eigenvalue weighted by Gasteiger charge is -2.37. The molecule has 2 fully saturated rings. The van der Waals surface area contributed by atoms with Gasteiger partial charge in [0.2, 0.25) is 5.91 Å². The lowest BCUT2D eigenvalue weighted by Crippen LogP contribution is -2.45. The van der Waals surface area contributed by atoms with Crippen LogP contribution in [0.1, 0.15) is 61.9 Å². The van der Waals surface area contributed by atoms with E-state index in [-0.39, 0.29) is 0 Å². The highest BCUT2D eigenvalue weighted by atomic mass is 16.2. The number of benzene rings is 1. The zero-order valence-electron chi connectivity index (χ0n) is 18.6. The van der Waals surface area contributed by atoms with E-state index in [0.29, 0.717) is 18.4 Å². The normalized spacial score (nSPS) is 20.1. The number of aromatic nitrogens is 2. The summed E-state index contributed by atoms with van der Waals surface area (Å²) >= 11 is 0. The molecule has 0 bridgehead atoms. The van der Waals surface area contributed by atoms with E-state index in [9.17, 15) is 4.79 Å². The Kier molecular flexibility index (Phi) is 6.88. The van der Waals surface area contributed by atoms with Crippen LogP contribution in [0.4, 0.5) is 0 Å². The molecule has 1 atom stereocenters. The third-order valence-corrected chi connectivity index (χ3v) is 6.74. The van der Waals surface area contributed by atoms with Crippen LogP contribution in [0.15, 0.2) is 30.3 Å². The Labute approximate surface area is 181 Å². The van der Waals surface area contributed by atoms with Gasteiger partial charge in [0, 0.05) is 31.2 Å². The van der Waals surface area contributed by atoms with E-state index in [2.05, 4.69) is 52.2 Å². The van der Waals surface area contributed by atoms with Gasteiger partial charge in [-0.25, -0.2) is 4.68 Å². The highest BCUT2D eigenvalue weighted by molar-refractivity contribution is 5.77. The van der Waals surface area contributed by atoms with E-state index in [4.69, 9.17) is 0 Å². The zero-order chi connectivity index (χ0) is 20.9. The van der Waals surface area contributed by atoms with Crippen molar-refractivity contribution in [3.63, 3.8) is 0 Å². The fourth-order valence-electron chi connectivity index (χ4n) is 5.06. The number of piperidine rings is 1. The number of carbonyl (C=O) groups excluding carboxylic acids is 1. The van der Waals surface area contributed by atoms with Crippen LogP contribution in [0.3, 0.4) is 0 Å². The molecule has 2 aliphatic heterocycles. The Morgan fingerprint density at radius 3 is 2.47 bits per heavy atom. The molecule has 0 spiro atoms. The third kappa shape index (κ3) is 5.12. The lowest BCUT2D eigenvalue weighted by atomic mass is 9.98. The Morgan fingerprint density at radius 1 is 1.03 bits per heavy atom. The largest absolute Gasteiger partial charge is 0.340 e. The van der Waals surface area contributed by atoms with E-state index < -0.39 is 0 Å². The molecule has 3 heterocycles. The van der Waals surface area contributed by atoms with Crippen molar-refractivity contribution in [3.05, 3.63) is 47.3 Å². The fourth-order valence-corrected chi connectivity index (χ4v) is 5.06. The fraction of sp³-hybridized carbons (Fsp3) is 0.600.